The summed E-state index contributed by atoms with van der Waals surface area (Å²) in [7, 11) is 0. The number of carbonyl (C=O) groups is 1. The molecule has 1 amide bonds. The van der Waals surface area contributed by atoms with Crippen LogP contribution >= 0.6 is 0 Å². The lowest BCUT2D eigenvalue weighted by Crippen LogP contribution is -2.49. The molecule has 5 nitrogen and oxygen atoms in total. The van der Waals surface area contributed by atoms with E-state index in [1.54, 1.807) is 0 Å². The Bertz CT molecular complexity index is 793. The van der Waals surface area contributed by atoms with Gasteiger partial charge in [-0.3, -0.25) is 4.79 Å². The molecule has 1 aliphatic heterocycles. The average molecular weight is 367 g/mol. The van der Waals surface area contributed by atoms with Crippen LogP contribution in [0.3, 0.4) is 0 Å². The van der Waals surface area contributed by atoms with Gasteiger partial charge in [0.25, 0.3) is 0 Å². The maximum atomic E-state index is 12.2. The van der Waals surface area contributed by atoms with Crippen molar-refractivity contribution >= 4 is 11.7 Å². The van der Waals surface area contributed by atoms with Gasteiger partial charge in [0.2, 0.25) is 5.91 Å². The van der Waals surface area contributed by atoms with Gasteiger partial charge in [-0.05, 0) is 32.8 Å². The summed E-state index contributed by atoms with van der Waals surface area (Å²) in [6.45, 7) is 11.4. The van der Waals surface area contributed by atoms with E-state index >= 15 is 0 Å². The van der Waals surface area contributed by atoms with Crippen LogP contribution in [0.2, 0.25) is 0 Å². The van der Waals surface area contributed by atoms with Crippen molar-refractivity contribution in [1.29, 1.82) is 0 Å². The Morgan fingerprint density at radius 2 is 1.67 bits per heavy atom. The molecule has 0 unspecified atom stereocenters. The number of amides is 1. The second-order valence-corrected chi connectivity index (χ2v) is 7.44. The summed E-state index contributed by atoms with van der Waals surface area (Å²) < 4.78 is 0. The molecule has 1 aromatic heterocycles. The van der Waals surface area contributed by atoms with E-state index in [1.165, 1.54) is 16.7 Å². The van der Waals surface area contributed by atoms with Crippen molar-refractivity contribution in [1.82, 2.24) is 14.9 Å². The molecule has 0 spiro atoms. The first kappa shape index (κ1) is 19.3. The molecule has 5 heteroatoms. The number of aryl methyl sites for hydroxylation is 3. The molecule has 3 rings (SSSR count). The van der Waals surface area contributed by atoms with E-state index in [1.807, 2.05) is 11.8 Å². The minimum absolute atomic E-state index is 0.270. The van der Waals surface area contributed by atoms with E-state index in [0.29, 0.717) is 6.42 Å². The molecule has 0 N–H and O–H groups in total. The molecule has 27 heavy (non-hydrogen) atoms. The molecule has 2 heterocycles. The zero-order chi connectivity index (χ0) is 19.4. The number of hydrogen-bond acceptors (Lipinski definition) is 4. The summed E-state index contributed by atoms with van der Waals surface area (Å²) in [5.74, 6) is 2.11. The first-order valence-electron chi connectivity index (χ1n) is 9.90. The normalized spacial score (nSPS) is 14.5. The van der Waals surface area contributed by atoms with Gasteiger partial charge in [0.05, 0.1) is 0 Å². The molecule has 0 aliphatic carbocycles. The Labute approximate surface area is 162 Å². The number of nitrogens with zero attached hydrogens (tertiary/aromatic N) is 4. The highest BCUT2D eigenvalue weighted by molar-refractivity contribution is 5.76. The van der Waals surface area contributed by atoms with Crippen LogP contribution < -0.4 is 4.90 Å². The van der Waals surface area contributed by atoms with E-state index in [9.17, 15) is 4.79 Å². The topological polar surface area (TPSA) is 49.3 Å². The summed E-state index contributed by atoms with van der Waals surface area (Å²) >= 11 is 0. The minimum atomic E-state index is 0.270. The third kappa shape index (κ3) is 4.65. The van der Waals surface area contributed by atoms with E-state index in [-0.39, 0.29) is 5.91 Å². The lowest BCUT2D eigenvalue weighted by molar-refractivity contribution is -0.131. The molecule has 0 radical (unpaired) electrons. The Morgan fingerprint density at radius 1 is 1.00 bits per heavy atom. The standard InChI is InChI=1S/C22H30N4O/c1-5-6-21(27)25-11-13-26(14-12-25)22-20(17(3)23-18(4)24-22)15-19-9-7-16(2)8-10-19/h7-10H,5-6,11-15H2,1-4H3. The monoisotopic (exact) mass is 366 g/mol. The van der Waals surface area contributed by atoms with Crippen molar-refractivity contribution in [2.45, 2.75) is 47.0 Å². The molecule has 0 saturated carbocycles. The zero-order valence-electron chi connectivity index (χ0n) is 17.0. The van der Waals surface area contributed by atoms with Crippen molar-refractivity contribution in [3.05, 3.63) is 52.5 Å². The van der Waals surface area contributed by atoms with E-state index in [0.717, 1.165) is 56.4 Å². The molecule has 144 valence electrons. The Morgan fingerprint density at radius 3 is 2.30 bits per heavy atom. The van der Waals surface area contributed by atoms with E-state index in [4.69, 9.17) is 4.98 Å². The van der Waals surface area contributed by atoms with Gasteiger partial charge < -0.3 is 9.80 Å². The Balaban J connectivity index is 1.81. The molecule has 1 saturated heterocycles. The number of carbonyl (C=O) groups excluding carboxylic acids is 1. The van der Waals surface area contributed by atoms with Gasteiger partial charge in [-0.2, -0.15) is 0 Å². The SMILES string of the molecule is CCCC(=O)N1CCN(c2nc(C)nc(C)c2Cc2ccc(C)cc2)CC1. The van der Waals surface area contributed by atoms with Crippen molar-refractivity contribution in [2.75, 3.05) is 31.1 Å². The fraction of sp³-hybridized carbons (Fsp3) is 0.500. The van der Waals surface area contributed by atoms with E-state index < -0.39 is 0 Å². The van der Waals surface area contributed by atoms with Crippen LogP contribution in [0, 0.1) is 20.8 Å². The maximum absolute atomic E-state index is 12.2. The highest BCUT2D eigenvalue weighted by atomic mass is 16.2. The van der Waals surface area contributed by atoms with Crippen LogP contribution in [0.15, 0.2) is 24.3 Å². The molecular weight excluding hydrogens is 336 g/mol. The summed E-state index contributed by atoms with van der Waals surface area (Å²) in [6, 6.07) is 8.66. The van der Waals surface area contributed by atoms with Crippen molar-refractivity contribution in [3.63, 3.8) is 0 Å². The first-order chi connectivity index (χ1) is 13.0. The van der Waals surface area contributed by atoms with Crippen LogP contribution in [0.5, 0.6) is 0 Å². The van der Waals surface area contributed by atoms with Gasteiger partial charge in [-0.15, -0.1) is 0 Å². The second kappa shape index (κ2) is 8.51. The van der Waals surface area contributed by atoms with Crippen molar-refractivity contribution < 1.29 is 4.79 Å². The minimum Gasteiger partial charge on any atom is -0.353 e. The maximum Gasteiger partial charge on any atom is 0.222 e. The Hall–Kier alpha value is -2.43. The van der Waals surface area contributed by atoms with Crippen LogP contribution in [-0.2, 0) is 11.2 Å². The highest BCUT2D eigenvalue weighted by Crippen LogP contribution is 2.25. The second-order valence-electron chi connectivity index (χ2n) is 7.44. The molecule has 0 atom stereocenters. The quantitative estimate of drug-likeness (QED) is 0.813. The van der Waals surface area contributed by atoms with Gasteiger partial charge in [0.15, 0.2) is 0 Å². The lowest BCUT2D eigenvalue weighted by Gasteiger charge is -2.36. The van der Waals surface area contributed by atoms with Crippen LogP contribution in [0.1, 0.15) is 48.0 Å². The average Bonchev–Trinajstić information content (AvgIpc) is 2.65. The van der Waals surface area contributed by atoms with Gasteiger partial charge in [-0.25, -0.2) is 9.97 Å². The van der Waals surface area contributed by atoms with Gasteiger partial charge in [-0.1, -0.05) is 36.8 Å². The lowest BCUT2D eigenvalue weighted by atomic mass is 10.0. The van der Waals surface area contributed by atoms with Gasteiger partial charge in [0, 0.05) is 50.3 Å². The smallest absolute Gasteiger partial charge is 0.222 e. The predicted octanol–water partition coefficient (Wildman–Crippen LogP) is 3.44. The number of piperazine rings is 1. The Kier molecular flexibility index (Phi) is 6.09. The predicted molar refractivity (Wildman–Crippen MR) is 109 cm³/mol. The van der Waals surface area contributed by atoms with E-state index in [2.05, 4.69) is 54.9 Å². The number of hydrogen-bond donors (Lipinski definition) is 0. The van der Waals surface area contributed by atoms with Gasteiger partial charge in [0.1, 0.15) is 11.6 Å². The van der Waals surface area contributed by atoms with Crippen molar-refractivity contribution in [2.24, 2.45) is 0 Å². The highest BCUT2D eigenvalue weighted by Gasteiger charge is 2.24. The molecule has 0 bridgehead atoms. The van der Waals surface area contributed by atoms with Crippen molar-refractivity contribution in [3.8, 4) is 0 Å². The number of aromatic nitrogens is 2. The first-order valence-corrected chi connectivity index (χ1v) is 9.90. The molecule has 1 fully saturated rings. The third-order valence-electron chi connectivity index (χ3n) is 5.20. The summed E-state index contributed by atoms with van der Waals surface area (Å²) in [4.78, 5) is 25.9. The number of rotatable bonds is 5. The van der Waals surface area contributed by atoms with Gasteiger partial charge >= 0.3 is 0 Å². The molecular formula is C22H30N4O. The zero-order valence-corrected chi connectivity index (χ0v) is 17.0. The molecule has 2 aromatic rings. The third-order valence-corrected chi connectivity index (χ3v) is 5.20. The number of anilines is 1. The fourth-order valence-electron chi connectivity index (χ4n) is 3.64. The van der Waals surface area contributed by atoms with Crippen LogP contribution in [0.4, 0.5) is 5.82 Å². The van der Waals surface area contributed by atoms with Crippen LogP contribution in [-0.4, -0.2) is 47.0 Å². The molecule has 1 aliphatic rings. The summed E-state index contributed by atoms with van der Waals surface area (Å²) in [5.41, 5.74) is 4.78. The summed E-state index contributed by atoms with van der Waals surface area (Å²) in [5, 5.41) is 0. The fourth-order valence-corrected chi connectivity index (χ4v) is 3.64. The largest absolute Gasteiger partial charge is 0.353 e. The molecule has 1 aromatic carbocycles. The van der Waals surface area contributed by atoms with Crippen LogP contribution in [0.25, 0.3) is 0 Å². The number of benzene rings is 1. The summed E-state index contributed by atoms with van der Waals surface area (Å²) in [6.07, 6.45) is 2.38.